The summed E-state index contributed by atoms with van der Waals surface area (Å²) in [7, 11) is 0. The molecule has 1 heteroatoms. The van der Waals surface area contributed by atoms with Crippen molar-refractivity contribution < 1.29 is 4.74 Å². The van der Waals surface area contributed by atoms with E-state index in [1.165, 1.54) is 11.1 Å². The van der Waals surface area contributed by atoms with Gasteiger partial charge in [0.2, 0.25) is 0 Å². The first kappa shape index (κ1) is 7.63. The Balaban J connectivity index is 2.29. The molecule has 0 saturated carbocycles. The van der Waals surface area contributed by atoms with Crippen LogP contribution in [0.5, 0.6) is 5.75 Å². The average molecular weight is 181 g/mol. The largest absolute Gasteiger partial charge is 0.481 e. The van der Waals surface area contributed by atoms with Crippen LogP contribution < -0.4 is 4.74 Å². The quantitative estimate of drug-likeness (QED) is 0.606. The maximum absolute atomic E-state index is 5.52. The van der Waals surface area contributed by atoms with Crippen molar-refractivity contribution in [3.05, 3.63) is 60.7 Å². The Kier molecular flexibility index (Phi) is 1.57. The number of rotatable bonds is 0. The zero-order valence-corrected chi connectivity index (χ0v) is 7.60. The topological polar surface area (TPSA) is 9.23 Å². The van der Waals surface area contributed by atoms with Gasteiger partial charge in [-0.3, -0.25) is 0 Å². The number of ether oxygens (including phenoxy) is 1. The summed E-state index contributed by atoms with van der Waals surface area (Å²) in [6.45, 7) is 1.80. The summed E-state index contributed by atoms with van der Waals surface area (Å²) in [5.74, 6) is 0.936. The molecule has 0 aromatic heterocycles. The summed E-state index contributed by atoms with van der Waals surface area (Å²) < 4.78 is 5.52. The summed E-state index contributed by atoms with van der Waals surface area (Å²) in [6, 6.07) is 16.3. The van der Waals surface area contributed by atoms with Gasteiger partial charge in [0.1, 0.15) is 5.75 Å². The van der Waals surface area contributed by atoms with E-state index in [-0.39, 0.29) is 0 Å². The highest BCUT2D eigenvalue weighted by molar-refractivity contribution is 5.76. The van der Waals surface area contributed by atoms with Gasteiger partial charge in [0.05, 0.1) is 0 Å². The van der Waals surface area contributed by atoms with E-state index in [4.69, 9.17) is 4.74 Å². The summed E-state index contributed by atoms with van der Waals surface area (Å²) in [6.07, 6.45) is 0. The minimum absolute atomic E-state index is 0.936. The van der Waals surface area contributed by atoms with E-state index in [2.05, 4.69) is 24.3 Å². The second-order valence-corrected chi connectivity index (χ2v) is 3.32. The molecule has 2 aromatic rings. The van der Waals surface area contributed by atoms with Crippen LogP contribution in [0.2, 0.25) is 0 Å². The number of hydrogen-bond acceptors (Lipinski definition) is 1. The molecule has 0 N–H and O–H groups in total. The molecule has 0 amide bonds. The zero-order chi connectivity index (χ0) is 9.38. The van der Waals surface area contributed by atoms with Gasteiger partial charge in [0, 0.05) is 11.1 Å². The maximum atomic E-state index is 5.52. The lowest BCUT2D eigenvalue weighted by Crippen LogP contribution is -2.02. The Bertz CT molecular complexity index is 429. The smallest absolute Gasteiger partial charge is 0.165 e. The number of hydrogen-bond donors (Lipinski definition) is 0. The molecule has 1 nitrogen and oxygen atoms in total. The highest BCUT2D eigenvalue weighted by Crippen LogP contribution is 2.37. The van der Waals surface area contributed by atoms with Crippen LogP contribution in [0.1, 0.15) is 5.56 Å². The van der Waals surface area contributed by atoms with Gasteiger partial charge in [0.15, 0.2) is 6.61 Å². The molecule has 0 fully saturated rings. The van der Waals surface area contributed by atoms with Crippen LogP contribution in [0.4, 0.5) is 0 Å². The molecule has 1 heterocycles. The Labute approximate surface area is 83.0 Å². The molecular formula is C13H9O. The van der Waals surface area contributed by atoms with E-state index in [9.17, 15) is 0 Å². The maximum Gasteiger partial charge on any atom is 0.165 e. The van der Waals surface area contributed by atoms with Crippen molar-refractivity contribution in [2.75, 3.05) is 0 Å². The van der Waals surface area contributed by atoms with Crippen molar-refractivity contribution in [1.82, 2.24) is 0 Å². The lowest BCUT2D eigenvalue weighted by atomic mass is 9.97. The number of para-hydroxylation sites is 1. The fraction of sp³-hybridized carbons (Fsp3) is 0. The van der Waals surface area contributed by atoms with Gasteiger partial charge in [-0.2, -0.15) is 0 Å². The third-order valence-electron chi connectivity index (χ3n) is 2.45. The summed E-state index contributed by atoms with van der Waals surface area (Å²) in [5.41, 5.74) is 3.56. The van der Waals surface area contributed by atoms with E-state index in [0.717, 1.165) is 11.3 Å². The zero-order valence-electron chi connectivity index (χ0n) is 7.60. The van der Waals surface area contributed by atoms with Gasteiger partial charge in [-0.1, -0.05) is 42.5 Å². The predicted octanol–water partition coefficient (Wildman–Crippen LogP) is 3.26. The average Bonchev–Trinajstić information content (AvgIpc) is 2.29. The first-order chi connectivity index (χ1) is 6.95. The Morgan fingerprint density at radius 3 is 2.36 bits per heavy atom. The molecule has 1 radical (unpaired) electrons. The Morgan fingerprint density at radius 2 is 1.43 bits per heavy atom. The minimum atomic E-state index is 0.936. The SMILES string of the molecule is [CH]1Oc2ccccc2-c2ccccc21. The summed E-state index contributed by atoms with van der Waals surface area (Å²) in [4.78, 5) is 0. The van der Waals surface area contributed by atoms with Gasteiger partial charge in [-0.05, 0) is 11.6 Å². The summed E-state index contributed by atoms with van der Waals surface area (Å²) in [5, 5.41) is 0. The van der Waals surface area contributed by atoms with Crippen LogP contribution in [0.15, 0.2) is 48.5 Å². The van der Waals surface area contributed by atoms with Crippen LogP contribution in [-0.4, -0.2) is 0 Å². The second-order valence-electron chi connectivity index (χ2n) is 3.32. The molecule has 1 aliphatic rings. The van der Waals surface area contributed by atoms with E-state index in [1.807, 2.05) is 24.3 Å². The minimum Gasteiger partial charge on any atom is -0.481 e. The third-order valence-corrected chi connectivity index (χ3v) is 2.45. The molecule has 0 bridgehead atoms. The molecule has 0 atom stereocenters. The van der Waals surface area contributed by atoms with Crippen LogP contribution in [0.3, 0.4) is 0 Å². The molecule has 2 aromatic carbocycles. The molecule has 0 unspecified atom stereocenters. The van der Waals surface area contributed by atoms with Gasteiger partial charge < -0.3 is 4.74 Å². The number of benzene rings is 2. The molecule has 0 spiro atoms. The van der Waals surface area contributed by atoms with Gasteiger partial charge >= 0.3 is 0 Å². The summed E-state index contributed by atoms with van der Waals surface area (Å²) >= 11 is 0. The molecule has 0 saturated heterocycles. The first-order valence-electron chi connectivity index (χ1n) is 4.63. The fourth-order valence-electron chi connectivity index (χ4n) is 1.76. The lowest BCUT2D eigenvalue weighted by molar-refractivity contribution is 0.425. The van der Waals surface area contributed by atoms with E-state index < -0.39 is 0 Å². The van der Waals surface area contributed by atoms with E-state index >= 15 is 0 Å². The molecule has 3 rings (SSSR count). The van der Waals surface area contributed by atoms with Crippen LogP contribution in [0.25, 0.3) is 11.1 Å². The lowest BCUT2D eigenvalue weighted by Gasteiger charge is -2.19. The molecular weight excluding hydrogens is 172 g/mol. The predicted molar refractivity (Wildman–Crippen MR) is 55.9 cm³/mol. The molecule has 1 aliphatic heterocycles. The van der Waals surface area contributed by atoms with E-state index in [1.54, 1.807) is 6.61 Å². The van der Waals surface area contributed by atoms with Gasteiger partial charge in [0.25, 0.3) is 0 Å². The van der Waals surface area contributed by atoms with Crippen LogP contribution in [0, 0.1) is 6.61 Å². The van der Waals surface area contributed by atoms with Crippen LogP contribution >= 0.6 is 0 Å². The van der Waals surface area contributed by atoms with E-state index in [0.29, 0.717) is 0 Å². The fourth-order valence-corrected chi connectivity index (χ4v) is 1.76. The standard InChI is InChI=1S/C13H9O/c1-2-6-11-10(5-1)9-14-13-8-4-3-7-12(11)13/h1-9H. The molecule has 0 aliphatic carbocycles. The Hall–Kier alpha value is -1.76. The van der Waals surface area contributed by atoms with Crippen molar-refractivity contribution >= 4 is 0 Å². The van der Waals surface area contributed by atoms with Crippen LogP contribution in [-0.2, 0) is 0 Å². The van der Waals surface area contributed by atoms with Crippen molar-refractivity contribution in [1.29, 1.82) is 0 Å². The first-order valence-corrected chi connectivity index (χ1v) is 4.63. The van der Waals surface area contributed by atoms with Crippen molar-refractivity contribution in [2.24, 2.45) is 0 Å². The monoisotopic (exact) mass is 181 g/mol. The molecule has 14 heavy (non-hydrogen) atoms. The normalized spacial score (nSPS) is 12.6. The van der Waals surface area contributed by atoms with Gasteiger partial charge in [-0.25, -0.2) is 0 Å². The number of fused-ring (bicyclic) bond motifs is 3. The molecule has 67 valence electrons. The highest BCUT2D eigenvalue weighted by Gasteiger charge is 2.15. The Morgan fingerprint density at radius 1 is 0.714 bits per heavy atom. The highest BCUT2D eigenvalue weighted by atomic mass is 16.5. The van der Waals surface area contributed by atoms with Gasteiger partial charge in [-0.15, -0.1) is 0 Å². The third kappa shape index (κ3) is 1.02. The second kappa shape index (κ2) is 2.88. The van der Waals surface area contributed by atoms with Crippen molar-refractivity contribution in [3.8, 4) is 16.9 Å². The van der Waals surface area contributed by atoms with Crippen molar-refractivity contribution in [3.63, 3.8) is 0 Å². The van der Waals surface area contributed by atoms with Crippen molar-refractivity contribution in [2.45, 2.75) is 0 Å².